The van der Waals surface area contributed by atoms with Crippen molar-refractivity contribution in [1.29, 1.82) is 5.26 Å². The first kappa shape index (κ1) is 16.3. The van der Waals surface area contributed by atoms with E-state index in [-0.39, 0.29) is 0 Å². The van der Waals surface area contributed by atoms with Crippen LogP contribution in [0.5, 0.6) is 5.88 Å². The molecule has 0 saturated heterocycles. The van der Waals surface area contributed by atoms with Gasteiger partial charge in [-0.05, 0) is 20.1 Å². The molecule has 0 spiro atoms. The number of ether oxygens (including phenoxy) is 1. The summed E-state index contributed by atoms with van der Waals surface area (Å²) in [4.78, 5) is 19.0. The highest BCUT2D eigenvalue weighted by Gasteiger charge is 2.18. The van der Waals surface area contributed by atoms with Gasteiger partial charge in [0.05, 0.1) is 18.7 Å². The Hall–Kier alpha value is -2.04. The molecule has 8 heteroatoms. The van der Waals surface area contributed by atoms with Crippen LogP contribution in [0.2, 0.25) is 0 Å². The van der Waals surface area contributed by atoms with Gasteiger partial charge in [-0.1, -0.05) is 0 Å². The van der Waals surface area contributed by atoms with Crippen LogP contribution in [0.4, 0.5) is 0 Å². The second kappa shape index (κ2) is 7.82. The third-order valence-corrected chi connectivity index (χ3v) is 3.71. The topological polar surface area (TPSA) is 87.9 Å². The van der Waals surface area contributed by atoms with Gasteiger partial charge in [-0.15, -0.1) is 0 Å². The van der Waals surface area contributed by atoms with Crippen molar-refractivity contribution >= 4 is 47.3 Å². The summed E-state index contributed by atoms with van der Waals surface area (Å²) >= 11 is 2.06. The number of carbonyl (C=O) groups excluding carboxylic acids is 1. The maximum Gasteiger partial charge on any atom is 0.229 e. The van der Waals surface area contributed by atoms with Crippen molar-refractivity contribution in [3.8, 4) is 23.1 Å². The maximum absolute atomic E-state index is 10.7. The molecule has 2 aromatic heterocycles. The van der Waals surface area contributed by atoms with Crippen molar-refractivity contribution in [2.24, 2.45) is 0 Å². The molecule has 0 radical (unpaired) electrons. The van der Waals surface area contributed by atoms with E-state index < -0.39 is 6.04 Å². The number of hydrogen-bond donors (Lipinski definition) is 1. The number of amides is 1. The highest BCUT2D eigenvalue weighted by atomic mass is 127. The molecule has 6 nitrogen and oxygen atoms in total. The predicted octanol–water partition coefficient (Wildman–Crippen LogP) is 2.34. The number of carbonyl (C=O) groups is 1. The molecule has 0 bridgehead atoms. The first-order chi connectivity index (χ1) is 10.8. The molecule has 1 atom stereocenters. The van der Waals surface area contributed by atoms with Gasteiger partial charge in [-0.25, -0.2) is 4.98 Å². The highest BCUT2D eigenvalue weighted by molar-refractivity contribution is 14.2. The Bertz CT molecular complexity index is 810. The van der Waals surface area contributed by atoms with Crippen LogP contribution < -0.4 is 10.1 Å². The molecule has 2 aromatic rings. The first-order valence-electron chi connectivity index (χ1n) is 5.95. The van der Waals surface area contributed by atoms with Crippen molar-refractivity contribution in [3.63, 3.8) is 0 Å². The van der Waals surface area contributed by atoms with Crippen molar-refractivity contribution in [2.45, 2.75) is 6.04 Å². The maximum atomic E-state index is 10.7. The number of aromatic nitrogens is 2. The molecule has 22 heavy (non-hydrogen) atoms. The lowest BCUT2D eigenvalue weighted by Gasteiger charge is -2.13. The Morgan fingerprint density at radius 1 is 1.50 bits per heavy atom. The number of pyridine rings is 2. The van der Waals surface area contributed by atoms with Crippen LogP contribution in [-0.2, 0) is 4.79 Å². The molecule has 1 unspecified atom stereocenters. The van der Waals surface area contributed by atoms with Crippen molar-refractivity contribution < 1.29 is 9.53 Å². The fourth-order valence-electron chi connectivity index (χ4n) is 2.00. The van der Waals surface area contributed by atoms with Gasteiger partial charge >= 0.3 is 0 Å². The summed E-state index contributed by atoms with van der Waals surface area (Å²) in [5.41, 5.74) is 1.12. The van der Waals surface area contributed by atoms with Crippen LogP contribution in [-0.4, -0.2) is 23.5 Å². The SMILES string of the molecule is COc1ncc2cncc(C(C#N)NC=O)c2c1C#CSI. The second-order valence-electron chi connectivity index (χ2n) is 3.99. The zero-order valence-electron chi connectivity index (χ0n) is 11.3. The van der Waals surface area contributed by atoms with Gasteiger partial charge in [0.15, 0.2) is 0 Å². The molecule has 2 rings (SSSR count). The lowest BCUT2D eigenvalue weighted by atomic mass is 9.99. The fourth-order valence-corrected chi connectivity index (χ4v) is 2.48. The summed E-state index contributed by atoms with van der Waals surface area (Å²) in [5.74, 6) is 3.34. The smallest absolute Gasteiger partial charge is 0.229 e. The Kier molecular flexibility index (Phi) is 5.81. The Morgan fingerprint density at radius 3 is 2.95 bits per heavy atom. The van der Waals surface area contributed by atoms with Crippen molar-refractivity contribution in [1.82, 2.24) is 15.3 Å². The molecule has 0 aromatic carbocycles. The van der Waals surface area contributed by atoms with Crippen LogP contribution in [0.15, 0.2) is 18.6 Å². The molecule has 2 heterocycles. The number of rotatable bonds is 4. The van der Waals surface area contributed by atoms with Gasteiger partial charge < -0.3 is 10.1 Å². The molecule has 0 aliphatic carbocycles. The minimum absolute atomic E-state index is 0.362. The average Bonchev–Trinajstić information content (AvgIpc) is 2.56. The summed E-state index contributed by atoms with van der Waals surface area (Å²) in [7, 11) is 2.83. The van der Waals surface area contributed by atoms with E-state index in [1.54, 1.807) is 12.4 Å². The van der Waals surface area contributed by atoms with Gasteiger partial charge in [0.2, 0.25) is 12.3 Å². The third-order valence-electron chi connectivity index (χ3n) is 2.87. The minimum Gasteiger partial charge on any atom is -0.480 e. The number of methoxy groups -OCH3 is 1. The van der Waals surface area contributed by atoms with Crippen LogP contribution in [0.1, 0.15) is 17.2 Å². The second-order valence-corrected chi connectivity index (χ2v) is 5.67. The summed E-state index contributed by atoms with van der Waals surface area (Å²) in [6.45, 7) is 0. The van der Waals surface area contributed by atoms with E-state index in [9.17, 15) is 10.1 Å². The average molecular weight is 424 g/mol. The summed E-state index contributed by atoms with van der Waals surface area (Å²) in [6.07, 6.45) is 5.25. The van der Waals surface area contributed by atoms with E-state index in [1.165, 1.54) is 22.2 Å². The van der Waals surface area contributed by atoms with Gasteiger partial charge in [0.25, 0.3) is 0 Å². The number of halogens is 1. The van der Waals surface area contributed by atoms with Gasteiger partial charge in [-0.2, -0.15) is 5.26 Å². The van der Waals surface area contributed by atoms with Crippen LogP contribution >= 0.6 is 30.1 Å². The molecule has 1 N–H and O–H groups in total. The van der Waals surface area contributed by atoms with Gasteiger partial charge in [0, 0.05) is 56.1 Å². The van der Waals surface area contributed by atoms with Crippen LogP contribution in [0, 0.1) is 22.5 Å². The number of nitrogens with zero attached hydrogens (tertiary/aromatic N) is 3. The standard InChI is InChI=1S/C14H9IN4O2S/c1-21-14-10(2-3-22-15)13-9(6-18-14)5-17-7-11(13)12(4-16)19-8-20/h5-8,12H,1H3,(H,19,20). The molecule has 1 amide bonds. The number of hydrogen-bond acceptors (Lipinski definition) is 6. The molecule has 0 aliphatic rings. The first-order valence-corrected chi connectivity index (χ1v) is 9.31. The van der Waals surface area contributed by atoms with E-state index in [1.807, 2.05) is 6.07 Å². The Morgan fingerprint density at radius 2 is 2.32 bits per heavy atom. The van der Waals surface area contributed by atoms with Crippen molar-refractivity contribution in [3.05, 3.63) is 29.7 Å². The number of fused-ring (bicyclic) bond motifs is 1. The zero-order chi connectivity index (χ0) is 15.9. The van der Waals surface area contributed by atoms with Crippen molar-refractivity contribution in [2.75, 3.05) is 7.11 Å². The highest BCUT2D eigenvalue weighted by Crippen LogP contribution is 2.30. The minimum atomic E-state index is -0.825. The van der Waals surface area contributed by atoms with E-state index in [0.717, 1.165) is 0 Å². The number of nitrogens with one attached hydrogen (secondary N) is 1. The van der Waals surface area contributed by atoms with E-state index in [0.29, 0.717) is 34.2 Å². The third kappa shape index (κ3) is 3.24. The zero-order valence-corrected chi connectivity index (χ0v) is 14.3. The summed E-state index contributed by atoms with van der Waals surface area (Å²) < 4.78 is 5.26. The molecule has 110 valence electrons. The quantitative estimate of drug-likeness (QED) is 0.461. The largest absolute Gasteiger partial charge is 0.480 e. The number of nitriles is 1. The molecule has 0 fully saturated rings. The van der Waals surface area contributed by atoms with Gasteiger partial charge in [-0.3, -0.25) is 9.78 Å². The molecular weight excluding hydrogens is 415 g/mol. The van der Waals surface area contributed by atoms with Crippen LogP contribution in [0.25, 0.3) is 10.8 Å². The van der Waals surface area contributed by atoms with Crippen LogP contribution in [0.3, 0.4) is 0 Å². The summed E-state index contributed by atoms with van der Waals surface area (Å²) in [5, 5.41) is 16.0. The Balaban J connectivity index is 2.82. The fraction of sp³-hybridized carbons (Fsp3) is 0.143. The van der Waals surface area contributed by atoms with E-state index >= 15 is 0 Å². The monoisotopic (exact) mass is 424 g/mol. The Labute approximate surface area is 143 Å². The lowest BCUT2D eigenvalue weighted by Crippen LogP contribution is -2.18. The molecule has 0 aliphatic heterocycles. The molecule has 0 saturated carbocycles. The van der Waals surface area contributed by atoms with E-state index in [2.05, 4.69) is 47.7 Å². The van der Waals surface area contributed by atoms with Gasteiger partial charge in [0.1, 0.15) is 6.04 Å². The predicted molar refractivity (Wildman–Crippen MR) is 92.1 cm³/mol. The van der Waals surface area contributed by atoms with E-state index in [4.69, 9.17) is 4.74 Å². The lowest BCUT2D eigenvalue weighted by molar-refractivity contribution is -0.109. The summed E-state index contributed by atoms with van der Waals surface area (Å²) in [6, 6.07) is 1.21. The molecular formula is C14H9IN4O2S. The normalized spacial score (nSPS) is 11.0.